The quantitative estimate of drug-likeness (QED) is 0.133. The number of Topliss-reactive ketones (excluding diaryl/α,β-unsaturated/α-hetero) is 2. The largest absolute Gasteiger partial charge is 0.490 e. The fourth-order valence-corrected chi connectivity index (χ4v) is 8.16. The standard InChI is InChI=1S/C45H57N7O5.C2HF3O2/c1-29-38(20-21-39(49-29)41(54)24-32-7-6-22-52(5)27-32)33-12-8-30(9-13-33)23-36(43(55)50-37-18-16-35(17-19-37)42-47-28-48-51-42)25-40(53)34-14-10-31(11-15-34)26-46-44(56)57-45(2,3)4;3-2(4,5)1(6)7/h8-9,12-13,16-21,31-32,34,36H,6-7,10-11,14-15,22-28H2,1-5H3,(H,46,56)(H,50,55);(H,6,7)/t31?,32-,34?,36-;/m1./s1. The molecule has 14 nitrogen and oxygen atoms in total. The fraction of sp³-hybridized carbons (Fsp3) is 0.511. The van der Waals surface area contributed by atoms with Crippen molar-refractivity contribution < 1.29 is 47.0 Å². The number of amidine groups is 1. The summed E-state index contributed by atoms with van der Waals surface area (Å²) < 4.78 is 37.1. The molecule has 3 heterocycles. The molecular weight excluding hydrogens is 832 g/mol. The maximum absolute atomic E-state index is 13.9. The zero-order valence-electron chi connectivity index (χ0n) is 37.0. The number of nitrogens with zero attached hydrogens (tertiary/aromatic N) is 5. The second-order valence-electron chi connectivity index (χ2n) is 17.8. The molecule has 64 heavy (non-hydrogen) atoms. The minimum Gasteiger partial charge on any atom is -0.475 e. The lowest BCUT2D eigenvalue weighted by molar-refractivity contribution is -0.192. The number of amides is 2. The Labute approximate surface area is 371 Å². The average Bonchev–Trinajstić information content (AvgIpc) is 3.78. The van der Waals surface area contributed by atoms with Crippen LogP contribution in [-0.4, -0.2) is 95.5 Å². The summed E-state index contributed by atoms with van der Waals surface area (Å²) in [6.07, 6.45) is 0.817. The molecule has 344 valence electrons. The van der Waals surface area contributed by atoms with Crippen LogP contribution in [0.4, 0.5) is 23.7 Å². The molecule has 1 saturated heterocycles. The normalized spacial score (nSPS) is 19.4. The molecule has 2 aliphatic heterocycles. The summed E-state index contributed by atoms with van der Waals surface area (Å²) in [4.78, 5) is 73.2. The summed E-state index contributed by atoms with van der Waals surface area (Å²) in [5.74, 6) is -2.29. The maximum Gasteiger partial charge on any atom is 0.490 e. The minimum atomic E-state index is -5.08. The number of halogens is 3. The van der Waals surface area contributed by atoms with E-state index in [1.807, 2.05) is 88.4 Å². The first-order valence-corrected chi connectivity index (χ1v) is 21.7. The van der Waals surface area contributed by atoms with Gasteiger partial charge < -0.3 is 25.4 Å². The molecule has 2 atom stereocenters. The van der Waals surface area contributed by atoms with Crippen molar-refractivity contribution in [3.63, 3.8) is 0 Å². The molecule has 3 N–H and O–H groups in total. The Morgan fingerprint density at radius 2 is 1.55 bits per heavy atom. The molecule has 1 saturated carbocycles. The number of azo groups is 1. The van der Waals surface area contributed by atoms with Crippen LogP contribution in [-0.2, 0) is 25.5 Å². The molecule has 3 aliphatic rings. The third kappa shape index (κ3) is 15.2. The minimum absolute atomic E-state index is 0.0908. The van der Waals surface area contributed by atoms with Crippen LogP contribution in [0.5, 0.6) is 0 Å². The number of aromatic nitrogens is 1. The van der Waals surface area contributed by atoms with E-state index in [0.717, 1.165) is 79.6 Å². The van der Waals surface area contributed by atoms with Crippen molar-refractivity contribution in [1.29, 1.82) is 0 Å². The van der Waals surface area contributed by atoms with Gasteiger partial charge in [-0.1, -0.05) is 30.3 Å². The van der Waals surface area contributed by atoms with Gasteiger partial charge in [-0.15, -0.1) is 5.11 Å². The van der Waals surface area contributed by atoms with Crippen LogP contribution in [0.25, 0.3) is 11.1 Å². The van der Waals surface area contributed by atoms with E-state index in [-0.39, 0.29) is 35.7 Å². The highest BCUT2D eigenvalue weighted by Crippen LogP contribution is 2.32. The smallest absolute Gasteiger partial charge is 0.475 e. The molecule has 3 aromatic rings. The number of benzene rings is 2. The van der Waals surface area contributed by atoms with Gasteiger partial charge in [0.1, 0.15) is 17.1 Å². The van der Waals surface area contributed by atoms with Crippen molar-refractivity contribution in [3.8, 4) is 11.1 Å². The topological polar surface area (TPSA) is 192 Å². The Morgan fingerprint density at radius 3 is 2.12 bits per heavy atom. The molecule has 1 aromatic heterocycles. The highest BCUT2D eigenvalue weighted by atomic mass is 19.4. The number of aliphatic imine (C=N–C) groups is 1. The molecule has 1 aliphatic carbocycles. The van der Waals surface area contributed by atoms with E-state index in [2.05, 4.69) is 37.8 Å². The monoisotopic (exact) mass is 889 g/mol. The molecule has 2 fully saturated rings. The van der Waals surface area contributed by atoms with E-state index in [1.54, 1.807) is 0 Å². The molecular formula is C47H58F3N7O7. The Balaban J connectivity index is 0.00000102. The summed E-state index contributed by atoms with van der Waals surface area (Å²) in [7, 11) is 2.11. The number of alkyl carbamates (subject to hydrolysis) is 1. The number of nitrogens with one attached hydrogen (secondary N) is 2. The number of rotatable bonds is 14. The number of hydrogen-bond donors (Lipinski definition) is 3. The Morgan fingerprint density at radius 1 is 0.891 bits per heavy atom. The lowest BCUT2D eigenvalue weighted by atomic mass is 9.77. The Hall–Kier alpha value is -5.84. The first-order valence-electron chi connectivity index (χ1n) is 21.7. The molecule has 0 spiro atoms. The number of likely N-dealkylation sites (tertiary alicyclic amines) is 1. The van der Waals surface area contributed by atoms with E-state index in [9.17, 15) is 32.3 Å². The zero-order chi connectivity index (χ0) is 46.6. The molecule has 0 bridgehead atoms. The highest BCUT2D eigenvalue weighted by Gasteiger charge is 2.38. The number of ether oxygens (including phenoxy) is 1. The van der Waals surface area contributed by atoms with Crippen LogP contribution in [0.1, 0.15) is 99.4 Å². The van der Waals surface area contributed by atoms with Crippen molar-refractivity contribution >= 4 is 41.1 Å². The van der Waals surface area contributed by atoms with Gasteiger partial charge in [-0.2, -0.15) is 18.3 Å². The number of anilines is 1. The van der Waals surface area contributed by atoms with Gasteiger partial charge in [-0.25, -0.2) is 19.6 Å². The van der Waals surface area contributed by atoms with Crippen LogP contribution in [0.2, 0.25) is 0 Å². The second kappa shape index (κ2) is 22.2. The summed E-state index contributed by atoms with van der Waals surface area (Å²) in [6, 6.07) is 19.2. The average molecular weight is 890 g/mol. The summed E-state index contributed by atoms with van der Waals surface area (Å²) in [5, 5.41) is 21.0. The number of aliphatic carboxylic acids is 1. The van der Waals surface area contributed by atoms with Crippen LogP contribution in [0, 0.1) is 30.6 Å². The zero-order valence-corrected chi connectivity index (χ0v) is 37.0. The van der Waals surface area contributed by atoms with E-state index in [0.29, 0.717) is 49.2 Å². The first kappa shape index (κ1) is 49.2. The number of piperidine rings is 1. The van der Waals surface area contributed by atoms with Crippen molar-refractivity contribution in [2.24, 2.45) is 38.9 Å². The van der Waals surface area contributed by atoms with Gasteiger partial charge in [-0.05, 0) is 140 Å². The highest BCUT2D eigenvalue weighted by molar-refractivity contribution is 6.01. The Bertz CT molecular complexity index is 2180. The van der Waals surface area contributed by atoms with E-state index >= 15 is 0 Å². The fourth-order valence-electron chi connectivity index (χ4n) is 8.16. The molecule has 0 radical (unpaired) electrons. The third-order valence-electron chi connectivity index (χ3n) is 11.5. The lowest BCUT2D eigenvalue weighted by Crippen LogP contribution is -2.37. The molecule has 2 amide bonds. The van der Waals surface area contributed by atoms with Gasteiger partial charge in [0.05, 0.1) is 0 Å². The second-order valence-corrected chi connectivity index (χ2v) is 17.8. The van der Waals surface area contributed by atoms with Gasteiger partial charge in [0.25, 0.3) is 0 Å². The van der Waals surface area contributed by atoms with Gasteiger partial charge in [-0.3, -0.25) is 14.4 Å². The van der Waals surface area contributed by atoms with E-state index < -0.39 is 29.8 Å². The number of carbonyl (C=O) groups is 5. The number of alkyl halides is 3. The van der Waals surface area contributed by atoms with Crippen LogP contribution < -0.4 is 10.6 Å². The van der Waals surface area contributed by atoms with Crippen LogP contribution >= 0.6 is 0 Å². The first-order chi connectivity index (χ1) is 30.2. The predicted molar refractivity (Wildman–Crippen MR) is 235 cm³/mol. The van der Waals surface area contributed by atoms with Gasteiger partial charge in [0.15, 0.2) is 18.3 Å². The Kier molecular flexibility index (Phi) is 17.0. The predicted octanol–water partition coefficient (Wildman–Crippen LogP) is 8.86. The SMILES string of the molecule is Cc1nc(C(=O)C[C@H]2CCCN(C)C2)ccc1-c1ccc(C[C@H](CC(=O)C2CCC(CNC(=O)OC(C)(C)C)CC2)C(=O)Nc2ccc(C3=NCN=N3)cc2)cc1.O=C(O)C(F)(F)F. The van der Waals surface area contributed by atoms with Gasteiger partial charge >= 0.3 is 18.2 Å². The number of carboxylic acids is 1. The summed E-state index contributed by atoms with van der Waals surface area (Å²) in [5.41, 5.74) is 5.05. The van der Waals surface area contributed by atoms with Gasteiger partial charge in [0, 0.05) is 60.3 Å². The molecule has 2 aromatic carbocycles. The number of aryl methyl sites for hydroxylation is 1. The van der Waals surface area contributed by atoms with Crippen LogP contribution in [0.3, 0.4) is 0 Å². The lowest BCUT2D eigenvalue weighted by Gasteiger charge is -2.29. The molecule has 17 heteroatoms. The molecule has 0 unspecified atom stereocenters. The number of carboxylic acid groups (broad SMARTS) is 1. The van der Waals surface area contributed by atoms with Crippen molar-refractivity contribution in [2.75, 3.05) is 38.7 Å². The summed E-state index contributed by atoms with van der Waals surface area (Å²) >= 11 is 0. The van der Waals surface area contributed by atoms with Gasteiger partial charge in [0.2, 0.25) is 5.91 Å². The van der Waals surface area contributed by atoms with Crippen molar-refractivity contribution in [3.05, 3.63) is 83.2 Å². The number of hydrogen-bond acceptors (Lipinski definition) is 11. The summed E-state index contributed by atoms with van der Waals surface area (Å²) in [6.45, 7) is 10.3. The maximum atomic E-state index is 13.9. The molecule has 6 rings (SSSR count). The van der Waals surface area contributed by atoms with Crippen LogP contribution in [0.15, 0.2) is 75.9 Å². The van der Waals surface area contributed by atoms with E-state index in [4.69, 9.17) is 19.6 Å². The number of carbonyl (C=O) groups excluding carboxylic acids is 4. The van der Waals surface area contributed by atoms with Crippen molar-refractivity contribution in [1.82, 2.24) is 15.2 Å². The number of pyridine rings is 1. The number of ketones is 2. The van der Waals surface area contributed by atoms with E-state index in [1.165, 1.54) is 0 Å². The third-order valence-corrected chi connectivity index (χ3v) is 11.5. The van der Waals surface area contributed by atoms with Crippen molar-refractivity contribution in [2.45, 2.75) is 97.3 Å².